The van der Waals surface area contributed by atoms with E-state index in [2.05, 4.69) is 9.46 Å². The van der Waals surface area contributed by atoms with Crippen LogP contribution in [-0.2, 0) is 19.6 Å². The minimum Gasteiger partial charge on any atom is -0.495 e. The van der Waals surface area contributed by atoms with Gasteiger partial charge in [-0.1, -0.05) is 0 Å². The first-order valence-electron chi connectivity index (χ1n) is 5.74. The van der Waals surface area contributed by atoms with Gasteiger partial charge >= 0.3 is 11.9 Å². The molecule has 21 heavy (non-hydrogen) atoms. The molecule has 1 aromatic carbocycles. The third-order valence-electron chi connectivity index (χ3n) is 2.59. The van der Waals surface area contributed by atoms with Crippen molar-refractivity contribution in [3.8, 4) is 5.75 Å². The van der Waals surface area contributed by atoms with Crippen molar-refractivity contribution in [2.75, 3.05) is 14.2 Å². The summed E-state index contributed by atoms with van der Waals surface area (Å²) in [5.41, 5.74) is -0.119. The second-order valence-corrected chi connectivity index (χ2v) is 5.72. The molecule has 0 saturated carbocycles. The number of carbonyl (C=O) groups is 2. The molecule has 1 aromatic rings. The minimum absolute atomic E-state index is 0.119. The summed E-state index contributed by atoms with van der Waals surface area (Å²) in [6.45, 7) is 1.32. The number of nitrogens with one attached hydrogen (secondary N) is 1. The number of carboxylic acids is 1. The Morgan fingerprint density at radius 2 is 1.90 bits per heavy atom. The van der Waals surface area contributed by atoms with Crippen LogP contribution in [0.4, 0.5) is 0 Å². The molecule has 0 bridgehead atoms. The van der Waals surface area contributed by atoms with Gasteiger partial charge in [-0.3, -0.25) is 4.79 Å². The number of aromatic carboxylic acids is 1. The molecular weight excluding hydrogens is 302 g/mol. The first-order chi connectivity index (χ1) is 9.72. The van der Waals surface area contributed by atoms with E-state index in [-0.39, 0.29) is 16.2 Å². The molecule has 1 atom stereocenters. The van der Waals surface area contributed by atoms with Gasteiger partial charge in [0.25, 0.3) is 0 Å². The molecule has 1 unspecified atom stereocenters. The number of carbonyl (C=O) groups excluding carboxylic acids is 1. The van der Waals surface area contributed by atoms with E-state index in [1.54, 1.807) is 0 Å². The molecule has 0 amide bonds. The molecule has 0 aliphatic carbocycles. The summed E-state index contributed by atoms with van der Waals surface area (Å²) in [4.78, 5) is 21.8. The second-order valence-electron chi connectivity index (χ2n) is 4.04. The van der Waals surface area contributed by atoms with Gasteiger partial charge in [0.05, 0.1) is 19.8 Å². The van der Waals surface area contributed by atoms with Crippen LogP contribution in [0.5, 0.6) is 5.75 Å². The Balaban J connectivity index is 3.19. The Hall–Kier alpha value is -2.13. The maximum absolute atomic E-state index is 12.2. The van der Waals surface area contributed by atoms with E-state index in [9.17, 15) is 18.0 Å². The van der Waals surface area contributed by atoms with Crippen molar-refractivity contribution < 1.29 is 32.6 Å². The standard InChI is InChI=1S/C12H15NO7S/c1-7(12(16)20-3)13-21(17,18)10-5-4-8(11(14)15)6-9(10)19-2/h4-7,13H,1-3H3,(H,14,15). The molecule has 0 aliphatic heterocycles. The van der Waals surface area contributed by atoms with E-state index >= 15 is 0 Å². The molecule has 0 heterocycles. The molecule has 2 N–H and O–H groups in total. The topological polar surface area (TPSA) is 119 Å². The van der Waals surface area contributed by atoms with Crippen LogP contribution in [0.2, 0.25) is 0 Å². The molecule has 0 radical (unpaired) electrons. The monoisotopic (exact) mass is 317 g/mol. The number of ether oxygens (including phenoxy) is 2. The summed E-state index contributed by atoms with van der Waals surface area (Å²) in [5, 5.41) is 8.87. The van der Waals surface area contributed by atoms with Crippen LogP contribution >= 0.6 is 0 Å². The zero-order valence-electron chi connectivity index (χ0n) is 11.6. The Morgan fingerprint density at radius 3 is 2.38 bits per heavy atom. The Bertz CT molecular complexity index is 654. The van der Waals surface area contributed by atoms with Crippen LogP contribution in [0.3, 0.4) is 0 Å². The van der Waals surface area contributed by atoms with Crippen LogP contribution in [0, 0.1) is 0 Å². The van der Waals surface area contributed by atoms with Crippen molar-refractivity contribution in [3.63, 3.8) is 0 Å². The number of methoxy groups -OCH3 is 2. The van der Waals surface area contributed by atoms with Crippen LogP contribution in [0.25, 0.3) is 0 Å². The molecule has 0 fully saturated rings. The molecule has 0 saturated heterocycles. The predicted octanol–water partition coefficient (Wildman–Crippen LogP) is 0.233. The zero-order chi connectivity index (χ0) is 16.2. The summed E-state index contributed by atoms with van der Waals surface area (Å²) >= 11 is 0. The molecule has 9 heteroatoms. The van der Waals surface area contributed by atoms with E-state index in [4.69, 9.17) is 9.84 Å². The van der Waals surface area contributed by atoms with Gasteiger partial charge in [-0.05, 0) is 25.1 Å². The first-order valence-corrected chi connectivity index (χ1v) is 7.22. The van der Waals surface area contributed by atoms with Crippen LogP contribution in [-0.4, -0.2) is 45.7 Å². The Morgan fingerprint density at radius 1 is 1.29 bits per heavy atom. The molecule has 0 aromatic heterocycles. The smallest absolute Gasteiger partial charge is 0.335 e. The first kappa shape index (κ1) is 16.9. The van der Waals surface area contributed by atoms with Crippen LogP contribution in [0.1, 0.15) is 17.3 Å². The minimum atomic E-state index is -4.07. The van der Waals surface area contributed by atoms with Gasteiger partial charge in [0.2, 0.25) is 10.0 Å². The van der Waals surface area contributed by atoms with Gasteiger partial charge in [-0.25, -0.2) is 13.2 Å². The lowest BCUT2D eigenvalue weighted by Crippen LogP contribution is -2.39. The van der Waals surface area contributed by atoms with E-state index in [0.717, 1.165) is 25.3 Å². The quantitative estimate of drug-likeness (QED) is 0.721. The molecule has 116 valence electrons. The maximum atomic E-state index is 12.2. The SMILES string of the molecule is COC(=O)C(C)NS(=O)(=O)c1ccc(C(=O)O)cc1OC. The van der Waals surface area contributed by atoms with Gasteiger partial charge in [-0.15, -0.1) is 0 Å². The molecule has 8 nitrogen and oxygen atoms in total. The summed E-state index contributed by atoms with van der Waals surface area (Å²) in [6.07, 6.45) is 0. The maximum Gasteiger partial charge on any atom is 0.335 e. The Kier molecular flexibility index (Phi) is 5.28. The highest BCUT2D eigenvalue weighted by atomic mass is 32.2. The summed E-state index contributed by atoms with van der Waals surface area (Å²) in [6, 6.07) is 2.21. The number of hydrogen-bond acceptors (Lipinski definition) is 6. The number of carboxylic acid groups (broad SMARTS) is 1. The van der Waals surface area contributed by atoms with Crippen molar-refractivity contribution in [2.45, 2.75) is 17.9 Å². The molecule has 0 aliphatic rings. The highest BCUT2D eigenvalue weighted by Crippen LogP contribution is 2.25. The van der Waals surface area contributed by atoms with E-state index in [0.29, 0.717) is 0 Å². The predicted molar refractivity (Wildman–Crippen MR) is 71.8 cm³/mol. The second kappa shape index (κ2) is 6.55. The number of hydrogen-bond donors (Lipinski definition) is 2. The van der Waals surface area contributed by atoms with Crippen molar-refractivity contribution in [1.82, 2.24) is 4.72 Å². The summed E-state index contributed by atoms with van der Waals surface area (Å²) < 4.78 is 35.8. The Labute approximate surface area is 121 Å². The van der Waals surface area contributed by atoms with Crippen LogP contribution in [0.15, 0.2) is 23.1 Å². The van der Waals surface area contributed by atoms with Gasteiger partial charge in [0, 0.05) is 0 Å². The van der Waals surface area contributed by atoms with Gasteiger partial charge in [0.1, 0.15) is 16.7 Å². The zero-order valence-corrected chi connectivity index (χ0v) is 12.4. The lowest BCUT2D eigenvalue weighted by Gasteiger charge is -2.14. The van der Waals surface area contributed by atoms with Crippen LogP contribution < -0.4 is 9.46 Å². The summed E-state index contributed by atoms with van der Waals surface area (Å²) in [7, 11) is -1.72. The van der Waals surface area contributed by atoms with Crippen molar-refractivity contribution in [1.29, 1.82) is 0 Å². The van der Waals surface area contributed by atoms with Gasteiger partial charge in [-0.2, -0.15) is 4.72 Å². The highest BCUT2D eigenvalue weighted by Gasteiger charge is 2.26. The van der Waals surface area contributed by atoms with Gasteiger partial charge < -0.3 is 14.6 Å². The third kappa shape index (κ3) is 3.92. The fraction of sp³-hybridized carbons (Fsp3) is 0.333. The average Bonchev–Trinajstić information content (AvgIpc) is 2.44. The van der Waals surface area contributed by atoms with E-state index < -0.39 is 28.0 Å². The highest BCUT2D eigenvalue weighted by molar-refractivity contribution is 7.89. The fourth-order valence-electron chi connectivity index (χ4n) is 1.54. The number of esters is 1. The average molecular weight is 317 g/mol. The fourth-order valence-corrected chi connectivity index (χ4v) is 2.89. The molecule has 1 rings (SSSR count). The number of benzene rings is 1. The van der Waals surface area contributed by atoms with Crippen molar-refractivity contribution in [2.24, 2.45) is 0 Å². The lowest BCUT2D eigenvalue weighted by molar-refractivity contribution is -0.142. The number of rotatable bonds is 6. The van der Waals surface area contributed by atoms with E-state index in [1.807, 2.05) is 0 Å². The largest absolute Gasteiger partial charge is 0.495 e. The van der Waals surface area contributed by atoms with E-state index in [1.165, 1.54) is 14.0 Å². The summed E-state index contributed by atoms with van der Waals surface area (Å²) in [5.74, 6) is -2.10. The molecule has 0 spiro atoms. The lowest BCUT2D eigenvalue weighted by atomic mass is 10.2. The normalized spacial score (nSPS) is 12.5. The molecular formula is C12H15NO7S. The van der Waals surface area contributed by atoms with Gasteiger partial charge in [0.15, 0.2) is 0 Å². The van der Waals surface area contributed by atoms with Crippen molar-refractivity contribution >= 4 is 22.0 Å². The number of sulfonamides is 1. The third-order valence-corrected chi connectivity index (χ3v) is 4.17. The van der Waals surface area contributed by atoms with Crippen molar-refractivity contribution in [3.05, 3.63) is 23.8 Å².